The van der Waals surface area contributed by atoms with Gasteiger partial charge >= 0.3 is 6.18 Å². The zero-order valence-electron chi connectivity index (χ0n) is 17.2. The lowest BCUT2D eigenvalue weighted by atomic mass is 9.92. The number of carbonyl (C=O) groups excluding carboxylic acids is 1. The van der Waals surface area contributed by atoms with E-state index in [1.807, 2.05) is 0 Å². The van der Waals surface area contributed by atoms with Gasteiger partial charge in [0.15, 0.2) is 6.61 Å². The van der Waals surface area contributed by atoms with Crippen LogP contribution >= 0.6 is 0 Å². The van der Waals surface area contributed by atoms with Crippen LogP contribution in [0.3, 0.4) is 0 Å². The Morgan fingerprint density at radius 1 is 1.13 bits per heavy atom. The fourth-order valence-corrected chi connectivity index (χ4v) is 4.47. The number of benzene rings is 2. The van der Waals surface area contributed by atoms with Crippen molar-refractivity contribution in [3.63, 3.8) is 0 Å². The molecule has 1 saturated carbocycles. The molecule has 0 bridgehead atoms. The number of para-hydroxylation sites is 1. The molecule has 0 radical (unpaired) electrons. The van der Waals surface area contributed by atoms with Crippen LogP contribution in [0.25, 0.3) is 11.1 Å². The van der Waals surface area contributed by atoms with Gasteiger partial charge in [-0.2, -0.15) is 13.2 Å². The normalized spacial score (nSPS) is 17.6. The molecule has 2 aromatic carbocycles. The second-order valence-corrected chi connectivity index (χ2v) is 8.73. The quantitative estimate of drug-likeness (QED) is 0.652. The van der Waals surface area contributed by atoms with E-state index < -0.39 is 36.2 Å². The average molecular weight is 437 g/mol. The number of aliphatic hydroxyl groups is 1. The van der Waals surface area contributed by atoms with Crippen molar-refractivity contribution in [2.24, 2.45) is 5.92 Å². The van der Waals surface area contributed by atoms with Gasteiger partial charge in [-0.15, -0.1) is 0 Å². The lowest BCUT2D eigenvalue weighted by Gasteiger charge is -2.37. The van der Waals surface area contributed by atoms with Crippen LogP contribution in [0.15, 0.2) is 36.4 Å². The van der Waals surface area contributed by atoms with Crippen LogP contribution in [-0.2, 0) is 6.54 Å². The first kappa shape index (κ1) is 21.6. The number of carbonyl (C=O) groups is 1. The van der Waals surface area contributed by atoms with Gasteiger partial charge in [0.05, 0.1) is 17.2 Å². The molecule has 4 nitrogen and oxygen atoms in total. The van der Waals surface area contributed by atoms with E-state index in [2.05, 4.69) is 0 Å². The summed E-state index contributed by atoms with van der Waals surface area (Å²) in [6, 6.07) is 8.09. The number of hydrogen-bond acceptors (Lipinski definition) is 3. The van der Waals surface area contributed by atoms with Crippen LogP contribution in [0.2, 0.25) is 0 Å². The number of halogens is 4. The fourth-order valence-electron chi connectivity index (χ4n) is 4.47. The number of amides is 1. The lowest BCUT2D eigenvalue weighted by molar-refractivity contribution is -0.153. The van der Waals surface area contributed by atoms with Crippen LogP contribution in [0.4, 0.5) is 17.6 Å². The van der Waals surface area contributed by atoms with Crippen LogP contribution in [-0.4, -0.2) is 40.3 Å². The van der Waals surface area contributed by atoms with Crippen LogP contribution < -0.4 is 4.74 Å². The van der Waals surface area contributed by atoms with Crippen LogP contribution in [0, 0.1) is 11.7 Å². The molecule has 1 heterocycles. The minimum Gasteiger partial charge on any atom is -0.483 e. The van der Waals surface area contributed by atoms with Gasteiger partial charge in [0, 0.05) is 17.7 Å². The summed E-state index contributed by atoms with van der Waals surface area (Å²) in [7, 11) is 0. The Morgan fingerprint density at radius 2 is 1.81 bits per heavy atom. The Balaban J connectivity index is 1.77. The molecule has 0 saturated heterocycles. The van der Waals surface area contributed by atoms with Crippen molar-refractivity contribution in [3.05, 3.63) is 53.3 Å². The highest BCUT2D eigenvalue weighted by molar-refractivity contribution is 6.05. The molecule has 1 aliphatic heterocycles. The number of alkyl halides is 3. The first-order chi connectivity index (χ1) is 14.5. The number of hydrogen-bond donors (Lipinski definition) is 1. The highest BCUT2D eigenvalue weighted by Crippen LogP contribution is 2.45. The molecule has 4 rings (SSSR count). The van der Waals surface area contributed by atoms with Gasteiger partial charge in [-0.05, 0) is 50.3 Å². The fraction of sp³-hybridized carbons (Fsp3) is 0.435. The van der Waals surface area contributed by atoms with Crippen molar-refractivity contribution in [2.75, 3.05) is 6.61 Å². The van der Waals surface area contributed by atoms with Gasteiger partial charge in [0.2, 0.25) is 0 Å². The van der Waals surface area contributed by atoms with E-state index in [1.165, 1.54) is 30.3 Å². The predicted octanol–water partition coefficient (Wildman–Crippen LogP) is 4.94. The van der Waals surface area contributed by atoms with E-state index in [0.717, 1.165) is 12.8 Å². The molecule has 1 N–H and O–H groups in total. The molecule has 0 aromatic heterocycles. The van der Waals surface area contributed by atoms with E-state index in [1.54, 1.807) is 24.8 Å². The summed E-state index contributed by atoms with van der Waals surface area (Å²) in [5.41, 5.74) is -0.457. The van der Waals surface area contributed by atoms with Gasteiger partial charge in [-0.3, -0.25) is 4.79 Å². The van der Waals surface area contributed by atoms with E-state index in [0.29, 0.717) is 5.56 Å². The maximum Gasteiger partial charge on any atom is 0.422 e. The Bertz CT molecular complexity index is 1010. The third kappa shape index (κ3) is 4.26. The minimum absolute atomic E-state index is 0.0759. The highest BCUT2D eigenvalue weighted by atomic mass is 19.4. The third-order valence-corrected chi connectivity index (χ3v) is 5.73. The van der Waals surface area contributed by atoms with Gasteiger partial charge < -0.3 is 14.7 Å². The molecule has 2 aliphatic rings. The number of ether oxygens (including phenoxy) is 1. The smallest absolute Gasteiger partial charge is 0.422 e. The van der Waals surface area contributed by atoms with E-state index in [4.69, 9.17) is 4.74 Å². The highest BCUT2D eigenvalue weighted by Gasteiger charge is 2.48. The van der Waals surface area contributed by atoms with Crippen LogP contribution in [0.5, 0.6) is 5.75 Å². The molecular weight excluding hydrogens is 414 g/mol. The maximum atomic E-state index is 15.0. The Hall–Kier alpha value is -2.61. The summed E-state index contributed by atoms with van der Waals surface area (Å²) in [5.74, 6) is -1.15. The number of rotatable bonds is 6. The van der Waals surface area contributed by atoms with E-state index >= 15 is 0 Å². The Morgan fingerprint density at radius 3 is 2.42 bits per heavy atom. The molecule has 31 heavy (non-hydrogen) atoms. The summed E-state index contributed by atoms with van der Waals surface area (Å²) in [6.45, 7) is 1.98. The van der Waals surface area contributed by atoms with Crippen molar-refractivity contribution >= 4 is 5.91 Å². The molecule has 8 heteroatoms. The predicted molar refractivity (Wildman–Crippen MR) is 106 cm³/mol. The molecule has 166 valence electrons. The van der Waals surface area contributed by atoms with Crippen molar-refractivity contribution in [2.45, 2.75) is 51.1 Å². The molecular formula is C23H23F4NO3. The standard InChI is InChI=1S/C23H23F4NO3/c1-22(2,30)20(13-7-8-13)28-11-14-9-10-16(24)19(18(14)21(28)29)15-5-3-4-6-17(15)31-12-23(25,26)27/h3-6,9-10,13,20,30H,7-8,11-12H2,1-2H3/t20-/m1/s1. The summed E-state index contributed by atoms with van der Waals surface area (Å²) < 4.78 is 58.0. The monoisotopic (exact) mass is 437 g/mol. The summed E-state index contributed by atoms with van der Waals surface area (Å²) in [5, 5.41) is 10.7. The van der Waals surface area contributed by atoms with E-state index in [-0.39, 0.29) is 34.9 Å². The van der Waals surface area contributed by atoms with Gasteiger partial charge in [-0.25, -0.2) is 4.39 Å². The largest absolute Gasteiger partial charge is 0.483 e. The minimum atomic E-state index is -4.55. The van der Waals surface area contributed by atoms with Crippen LogP contribution in [0.1, 0.15) is 42.6 Å². The SMILES string of the molecule is CC(C)(O)[C@@H](C1CC1)N1Cc2ccc(F)c(-c3ccccc3OCC(F)(F)F)c2C1=O. The zero-order chi connectivity index (χ0) is 22.6. The molecule has 0 unspecified atom stereocenters. The first-order valence-electron chi connectivity index (χ1n) is 10.1. The summed E-state index contributed by atoms with van der Waals surface area (Å²) >= 11 is 0. The molecule has 0 spiro atoms. The van der Waals surface area contributed by atoms with Crippen molar-refractivity contribution < 1.29 is 32.2 Å². The third-order valence-electron chi connectivity index (χ3n) is 5.73. The molecule has 2 aromatic rings. The van der Waals surface area contributed by atoms with Gasteiger partial charge in [0.1, 0.15) is 11.6 Å². The van der Waals surface area contributed by atoms with Gasteiger partial charge in [0.25, 0.3) is 5.91 Å². The summed E-state index contributed by atoms with van der Waals surface area (Å²) in [4.78, 5) is 15.0. The molecule has 1 atom stereocenters. The maximum absolute atomic E-state index is 15.0. The Kier molecular flexibility index (Phi) is 5.24. The van der Waals surface area contributed by atoms with Crippen molar-refractivity contribution in [1.82, 2.24) is 4.90 Å². The molecule has 1 fully saturated rings. The summed E-state index contributed by atoms with van der Waals surface area (Å²) in [6.07, 6.45) is -2.77. The second-order valence-electron chi connectivity index (χ2n) is 8.73. The molecule has 1 aliphatic carbocycles. The lowest BCUT2D eigenvalue weighted by Crippen LogP contribution is -2.51. The first-order valence-corrected chi connectivity index (χ1v) is 10.1. The van der Waals surface area contributed by atoms with E-state index in [9.17, 15) is 27.5 Å². The second kappa shape index (κ2) is 7.51. The number of nitrogens with zero attached hydrogens (tertiary/aromatic N) is 1. The molecule has 1 amide bonds. The number of fused-ring (bicyclic) bond motifs is 1. The zero-order valence-corrected chi connectivity index (χ0v) is 17.2. The average Bonchev–Trinajstić information content (AvgIpc) is 3.44. The van der Waals surface area contributed by atoms with Gasteiger partial charge in [-0.1, -0.05) is 24.3 Å². The van der Waals surface area contributed by atoms with Crippen molar-refractivity contribution in [1.29, 1.82) is 0 Å². The Labute approximate surface area is 177 Å². The topological polar surface area (TPSA) is 49.8 Å². The van der Waals surface area contributed by atoms with Crippen molar-refractivity contribution in [3.8, 4) is 16.9 Å².